The van der Waals surface area contributed by atoms with Crippen LogP contribution in [0.5, 0.6) is 0 Å². The second-order valence-corrected chi connectivity index (χ2v) is 4.00. The van der Waals surface area contributed by atoms with Gasteiger partial charge in [0.15, 0.2) is 0 Å². The minimum Gasteiger partial charge on any atom is -0.481 e. The molecule has 0 aliphatic carbocycles. The maximum Gasteiger partial charge on any atom is 0.410 e. The van der Waals surface area contributed by atoms with Crippen molar-refractivity contribution in [2.75, 3.05) is 13.2 Å². The summed E-state index contributed by atoms with van der Waals surface area (Å²) in [6, 6.07) is 3.49. The van der Waals surface area contributed by atoms with Crippen LogP contribution in [0.1, 0.15) is 12.2 Å². The molecule has 6 nitrogen and oxygen atoms in total. The number of carbonyl (C=O) groups is 2. The number of hydrogen-bond acceptors (Lipinski definition) is 4. The van der Waals surface area contributed by atoms with Crippen LogP contribution < -0.4 is 0 Å². The van der Waals surface area contributed by atoms with Crippen LogP contribution in [0.25, 0.3) is 0 Å². The standard InChI is InChI=1S/C11H13NO5/c13-10(14)4-8-5-12(11(15)17-7-8)6-9-2-1-3-16-9/h1-3,8H,4-7H2,(H,13,14). The Morgan fingerprint density at radius 2 is 2.41 bits per heavy atom. The molecule has 0 radical (unpaired) electrons. The van der Waals surface area contributed by atoms with E-state index in [0.717, 1.165) is 0 Å². The molecule has 17 heavy (non-hydrogen) atoms. The Kier molecular flexibility index (Phi) is 3.32. The summed E-state index contributed by atoms with van der Waals surface area (Å²) in [4.78, 5) is 23.5. The molecule has 1 unspecified atom stereocenters. The van der Waals surface area contributed by atoms with Gasteiger partial charge in [0, 0.05) is 12.5 Å². The van der Waals surface area contributed by atoms with Crippen LogP contribution in [0.2, 0.25) is 0 Å². The van der Waals surface area contributed by atoms with Crippen LogP contribution in [0.15, 0.2) is 22.8 Å². The van der Waals surface area contributed by atoms with Crippen molar-refractivity contribution in [2.24, 2.45) is 5.92 Å². The first-order valence-corrected chi connectivity index (χ1v) is 5.31. The Bertz CT molecular complexity index is 400. The number of aliphatic carboxylic acids is 1. The highest BCUT2D eigenvalue weighted by Crippen LogP contribution is 2.17. The molecular formula is C11H13NO5. The van der Waals surface area contributed by atoms with Crippen molar-refractivity contribution in [1.29, 1.82) is 0 Å². The number of rotatable bonds is 4. The van der Waals surface area contributed by atoms with Crippen LogP contribution in [0.3, 0.4) is 0 Å². The number of hydrogen-bond donors (Lipinski definition) is 1. The zero-order chi connectivity index (χ0) is 12.3. The average molecular weight is 239 g/mol. The Morgan fingerprint density at radius 1 is 1.59 bits per heavy atom. The fourth-order valence-electron chi connectivity index (χ4n) is 1.81. The molecule has 0 aromatic carbocycles. The Balaban J connectivity index is 1.95. The molecule has 0 saturated carbocycles. The maximum atomic E-state index is 11.5. The van der Waals surface area contributed by atoms with Crippen LogP contribution in [-0.2, 0) is 16.1 Å². The Morgan fingerprint density at radius 3 is 3.06 bits per heavy atom. The quantitative estimate of drug-likeness (QED) is 0.857. The third kappa shape index (κ3) is 2.99. The third-order valence-electron chi connectivity index (χ3n) is 2.57. The van der Waals surface area contributed by atoms with Crippen molar-refractivity contribution in [3.05, 3.63) is 24.2 Å². The van der Waals surface area contributed by atoms with Gasteiger partial charge < -0.3 is 19.2 Å². The fraction of sp³-hybridized carbons (Fsp3) is 0.455. The van der Waals surface area contributed by atoms with Gasteiger partial charge in [-0.2, -0.15) is 0 Å². The van der Waals surface area contributed by atoms with Crippen molar-refractivity contribution < 1.29 is 23.8 Å². The van der Waals surface area contributed by atoms with E-state index < -0.39 is 12.1 Å². The van der Waals surface area contributed by atoms with Crippen molar-refractivity contribution in [1.82, 2.24) is 4.90 Å². The first-order valence-electron chi connectivity index (χ1n) is 5.31. The highest BCUT2D eigenvalue weighted by molar-refractivity contribution is 5.70. The molecular weight excluding hydrogens is 226 g/mol. The van der Waals surface area contributed by atoms with E-state index in [-0.39, 0.29) is 18.9 Å². The number of cyclic esters (lactones) is 1. The molecule has 0 bridgehead atoms. The number of furan rings is 1. The molecule has 1 aliphatic heterocycles. The van der Waals surface area contributed by atoms with Crippen molar-refractivity contribution in [3.63, 3.8) is 0 Å². The molecule has 1 aliphatic rings. The zero-order valence-corrected chi connectivity index (χ0v) is 9.17. The van der Waals surface area contributed by atoms with Gasteiger partial charge in [0.05, 0.1) is 25.8 Å². The third-order valence-corrected chi connectivity index (χ3v) is 2.57. The summed E-state index contributed by atoms with van der Waals surface area (Å²) in [5, 5.41) is 8.70. The fourth-order valence-corrected chi connectivity index (χ4v) is 1.81. The first-order chi connectivity index (χ1) is 8.15. The van der Waals surface area contributed by atoms with Gasteiger partial charge in [0.25, 0.3) is 0 Å². The maximum absolute atomic E-state index is 11.5. The highest BCUT2D eigenvalue weighted by atomic mass is 16.6. The molecule has 92 valence electrons. The number of nitrogens with zero attached hydrogens (tertiary/aromatic N) is 1. The van der Waals surface area contributed by atoms with Gasteiger partial charge in [0.1, 0.15) is 5.76 Å². The number of ether oxygens (including phenoxy) is 1. The van der Waals surface area contributed by atoms with Gasteiger partial charge in [-0.25, -0.2) is 4.79 Å². The summed E-state index contributed by atoms with van der Waals surface area (Å²) in [6.07, 6.45) is 1.10. The van der Waals surface area contributed by atoms with Gasteiger partial charge in [-0.3, -0.25) is 4.79 Å². The Hall–Kier alpha value is -1.98. The average Bonchev–Trinajstić information content (AvgIpc) is 2.75. The van der Waals surface area contributed by atoms with Gasteiger partial charge >= 0.3 is 12.1 Å². The monoisotopic (exact) mass is 239 g/mol. The lowest BCUT2D eigenvalue weighted by Gasteiger charge is -2.30. The highest BCUT2D eigenvalue weighted by Gasteiger charge is 2.29. The summed E-state index contributed by atoms with van der Waals surface area (Å²) in [7, 11) is 0. The molecule has 2 rings (SSSR count). The van der Waals surface area contributed by atoms with E-state index in [1.54, 1.807) is 12.1 Å². The lowest BCUT2D eigenvalue weighted by Crippen LogP contribution is -2.43. The van der Waals surface area contributed by atoms with E-state index in [4.69, 9.17) is 14.3 Å². The summed E-state index contributed by atoms with van der Waals surface area (Å²) in [6.45, 7) is 0.855. The van der Waals surface area contributed by atoms with Gasteiger partial charge in [-0.1, -0.05) is 0 Å². The normalized spacial score (nSPS) is 20.1. The molecule has 6 heteroatoms. The molecule has 1 N–H and O–H groups in total. The summed E-state index contributed by atoms with van der Waals surface area (Å²) < 4.78 is 10.1. The van der Waals surface area contributed by atoms with E-state index in [1.165, 1.54) is 11.2 Å². The second kappa shape index (κ2) is 4.90. The number of carboxylic acid groups (broad SMARTS) is 1. The smallest absolute Gasteiger partial charge is 0.410 e. The molecule has 0 spiro atoms. The predicted molar refractivity (Wildman–Crippen MR) is 56.2 cm³/mol. The molecule has 1 saturated heterocycles. The lowest BCUT2D eigenvalue weighted by atomic mass is 10.1. The van der Waals surface area contributed by atoms with Gasteiger partial charge in [0.2, 0.25) is 0 Å². The van der Waals surface area contributed by atoms with E-state index in [2.05, 4.69) is 0 Å². The van der Waals surface area contributed by atoms with Crippen LogP contribution >= 0.6 is 0 Å². The largest absolute Gasteiger partial charge is 0.481 e. The number of carbonyl (C=O) groups excluding carboxylic acids is 1. The predicted octanol–water partition coefficient (Wildman–Crippen LogP) is 1.32. The topological polar surface area (TPSA) is 80.0 Å². The molecule has 1 amide bonds. The van der Waals surface area contributed by atoms with Crippen LogP contribution in [-0.4, -0.2) is 35.2 Å². The minimum absolute atomic E-state index is 0.00192. The van der Waals surface area contributed by atoms with Crippen molar-refractivity contribution in [3.8, 4) is 0 Å². The van der Waals surface area contributed by atoms with E-state index in [0.29, 0.717) is 18.8 Å². The summed E-state index contributed by atoms with van der Waals surface area (Å²) in [5.74, 6) is -0.399. The minimum atomic E-state index is -0.883. The van der Waals surface area contributed by atoms with Crippen LogP contribution in [0.4, 0.5) is 4.79 Å². The molecule has 1 atom stereocenters. The Labute approximate surface area is 97.8 Å². The molecule has 1 aromatic rings. The van der Waals surface area contributed by atoms with E-state index >= 15 is 0 Å². The molecule has 1 fully saturated rings. The van der Waals surface area contributed by atoms with E-state index in [9.17, 15) is 9.59 Å². The first kappa shape index (κ1) is 11.5. The SMILES string of the molecule is O=C(O)CC1COC(=O)N(Cc2ccco2)C1. The summed E-state index contributed by atoms with van der Waals surface area (Å²) in [5.41, 5.74) is 0. The summed E-state index contributed by atoms with van der Waals surface area (Å²) >= 11 is 0. The molecule has 2 heterocycles. The van der Waals surface area contributed by atoms with Crippen molar-refractivity contribution >= 4 is 12.1 Å². The molecule has 1 aromatic heterocycles. The zero-order valence-electron chi connectivity index (χ0n) is 9.17. The lowest BCUT2D eigenvalue weighted by molar-refractivity contribution is -0.139. The van der Waals surface area contributed by atoms with Crippen molar-refractivity contribution in [2.45, 2.75) is 13.0 Å². The number of amides is 1. The van der Waals surface area contributed by atoms with Gasteiger partial charge in [-0.05, 0) is 12.1 Å². The second-order valence-electron chi connectivity index (χ2n) is 4.00. The van der Waals surface area contributed by atoms with E-state index in [1.807, 2.05) is 0 Å². The number of carboxylic acids is 1. The van der Waals surface area contributed by atoms with Gasteiger partial charge in [-0.15, -0.1) is 0 Å². The van der Waals surface area contributed by atoms with Crippen LogP contribution in [0, 0.1) is 5.92 Å².